The lowest BCUT2D eigenvalue weighted by molar-refractivity contribution is 0.217. The molecule has 1 unspecified atom stereocenters. The van der Waals surface area contributed by atoms with Crippen LogP contribution in [0.5, 0.6) is 0 Å². The molecule has 152 valence electrons. The molecular weight excluding hydrogens is 346 g/mol. The van der Waals surface area contributed by atoms with Gasteiger partial charge in [0, 0.05) is 37.2 Å². The zero-order valence-corrected chi connectivity index (χ0v) is 17.4. The van der Waals surface area contributed by atoms with Gasteiger partial charge in [-0.2, -0.15) is 5.10 Å². The number of aryl methyl sites for hydroxylation is 1. The minimum atomic E-state index is 0.573. The number of rotatable bonds is 8. The Kier molecular flexibility index (Phi) is 6.76. The van der Waals surface area contributed by atoms with Gasteiger partial charge < -0.3 is 5.32 Å². The molecule has 2 aliphatic rings. The van der Waals surface area contributed by atoms with Crippen LogP contribution in [0.25, 0.3) is 0 Å². The van der Waals surface area contributed by atoms with E-state index in [4.69, 9.17) is 5.10 Å². The largest absolute Gasteiger partial charge is 0.313 e. The van der Waals surface area contributed by atoms with Crippen molar-refractivity contribution < 1.29 is 0 Å². The molecule has 0 bridgehead atoms. The van der Waals surface area contributed by atoms with E-state index >= 15 is 0 Å². The molecule has 3 heterocycles. The lowest BCUT2D eigenvalue weighted by Gasteiger charge is -2.27. The van der Waals surface area contributed by atoms with E-state index in [1.54, 1.807) is 5.56 Å². The molecule has 0 saturated carbocycles. The van der Waals surface area contributed by atoms with Gasteiger partial charge in [0.1, 0.15) is 0 Å². The van der Waals surface area contributed by atoms with Crippen LogP contribution in [0, 0.1) is 0 Å². The van der Waals surface area contributed by atoms with Crippen molar-refractivity contribution in [3.63, 3.8) is 0 Å². The summed E-state index contributed by atoms with van der Waals surface area (Å²) in [5, 5.41) is 8.88. The Balaban J connectivity index is 1.40. The van der Waals surface area contributed by atoms with Crippen LogP contribution in [-0.4, -0.2) is 45.3 Å². The molecule has 0 amide bonds. The summed E-state index contributed by atoms with van der Waals surface area (Å²) < 4.78 is 2.32. The fraction of sp³-hybridized carbons (Fsp3) is 0.652. The van der Waals surface area contributed by atoms with E-state index in [1.807, 2.05) is 18.5 Å². The van der Waals surface area contributed by atoms with Crippen molar-refractivity contribution in [2.45, 2.75) is 77.4 Å². The van der Waals surface area contributed by atoms with Crippen molar-refractivity contribution in [3.05, 3.63) is 47.0 Å². The molecule has 1 N–H and O–H groups in total. The van der Waals surface area contributed by atoms with Crippen molar-refractivity contribution in [1.82, 2.24) is 25.0 Å². The third-order valence-corrected chi connectivity index (χ3v) is 6.26. The van der Waals surface area contributed by atoms with Crippen LogP contribution in [-0.2, 0) is 32.4 Å². The van der Waals surface area contributed by atoms with Crippen LogP contribution in [0.4, 0.5) is 0 Å². The molecule has 5 nitrogen and oxygen atoms in total. The topological polar surface area (TPSA) is 46.0 Å². The predicted octanol–water partition coefficient (Wildman–Crippen LogP) is 3.36. The van der Waals surface area contributed by atoms with Crippen molar-refractivity contribution in [3.8, 4) is 0 Å². The highest BCUT2D eigenvalue weighted by Crippen LogP contribution is 2.27. The number of pyridine rings is 1. The number of aromatic nitrogens is 3. The summed E-state index contributed by atoms with van der Waals surface area (Å²) in [5.41, 5.74) is 5.72. The number of fused-ring (bicyclic) bond motifs is 1. The summed E-state index contributed by atoms with van der Waals surface area (Å²) >= 11 is 0. The second kappa shape index (κ2) is 9.66. The zero-order chi connectivity index (χ0) is 19.2. The summed E-state index contributed by atoms with van der Waals surface area (Å²) in [5.74, 6) is 0. The van der Waals surface area contributed by atoms with Crippen LogP contribution in [0.2, 0.25) is 0 Å². The molecule has 1 aliphatic heterocycles. The third kappa shape index (κ3) is 4.81. The summed E-state index contributed by atoms with van der Waals surface area (Å²) in [6.07, 6.45) is 13.6. The van der Waals surface area contributed by atoms with Crippen molar-refractivity contribution in [1.29, 1.82) is 0 Å². The third-order valence-electron chi connectivity index (χ3n) is 6.26. The first kappa shape index (κ1) is 19.6. The quantitative estimate of drug-likeness (QED) is 0.762. The summed E-state index contributed by atoms with van der Waals surface area (Å²) in [7, 11) is 0. The Hall–Kier alpha value is -1.72. The Morgan fingerprint density at radius 1 is 1.21 bits per heavy atom. The Bertz CT molecular complexity index is 733. The minimum absolute atomic E-state index is 0.573. The van der Waals surface area contributed by atoms with Gasteiger partial charge in [-0.3, -0.25) is 14.6 Å². The molecule has 2 aromatic heterocycles. The highest BCUT2D eigenvalue weighted by atomic mass is 15.3. The number of likely N-dealkylation sites (tertiary alicyclic amines) is 1. The molecule has 2 aromatic rings. The molecular formula is C23H35N5. The van der Waals surface area contributed by atoms with Gasteiger partial charge in [-0.05, 0) is 81.8 Å². The highest BCUT2D eigenvalue weighted by Gasteiger charge is 2.27. The summed E-state index contributed by atoms with van der Waals surface area (Å²) in [4.78, 5) is 6.84. The van der Waals surface area contributed by atoms with E-state index in [0.29, 0.717) is 6.04 Å². The lowest BCUT2D eigenvalue weighted by Crippen LogP contribution is -2.36. The van der Waals surface area contributed by atoms with Crippen LogP contribution in [0.15, 0.2) is 24.5 Å². The van der Waals surface area contributed by atoms with Crippen molar-refractivity contribution >= 4 is 0 Å². The average molecular weight is 382 g/mol. The van der Waals surface area contributed by atoms with Gasteiger partial charge in [-0.15, -0.1) is 0 Å². The number of piperidine rings is 1. The highest BCUT2D eigenvalue weighted by molar-refractivity contribution is 5.30. The van der Waals surface area contributed by atoms with Gasteiger partial charge in [0.05, 0.1) is 5.69 Å². The first-order valence-electron chi connectivity index (χ1n) is 11.3. The van der Waals surface area contributed by atoms with Crippen LogP contribution in [0.1, 0.15) is 61.5 Å². The molecule has 0 spiro atoms. The van der Waals surface area contributed by atoms with E-state index in [0.717, 1.165) is 45.3 Å². The summed E-state index contributed by atoms with van der Waals surface area (Å²) in [6, 6.07) is 4.76. The Morgan fingerprint density at radius 2 is 2.11 bits per heavy atom. The Morgan fingerprint density at radius 3 is 2.89 bits per heavy atom. The van der Waals surface area contributed by atoms with Crippen molar-refractivity contribution in [2.24, 2.45) is 0 Å². The van der Waals surface area contributed by atoms with E-state index in [-0.39, 0.29) is 0 Å². The maximum atomic E-state index is 5.08. The molecule has 1 saturated heterocycles. The van der Waals surface area contributed by atoms with Crippen LogP contribution >= 0.6 is 0 Å². The molecule has 1 atom stereocenters. The maximum Gasteiger partial charge on any atom is 0.0800 e. The molecule has 1 fully saturated rings. The van der Waals surface area contributed by atoms with Gasteiger partial charge in [0.2, 0.25) is 0 Å². The van der Waals surface area contributed by atoms with Gasteiger partial charge in [-0.1, -0.05) is 19.4 Å². The van der Waals surface area contributed by atoms with E-state index in [2.05, 4.69) is 32.9 Å². The van der Waals surface area contributed by atoms with Crippen LogP contribution in [0.3, 0.4) is 0 Å². The molecule has 0 aromatic carbocycles. The first-order chi connectivity index (χ1) is 13.8. The Labute approximate surface area is 169 Å². The fourth-order valence-electron chi connectivity index (χ4n) is 4.76. The average Bonchev–Trinajstić information content (AvgIpc) is 3.07. The standard InChI is InChI=1S/C23H35N5/c1-2-13-28-23-9-8-20(25-12-10-19-7-6-11-24-17-19)16-21(23)22(26-28)18-27-14-4-3-5-15-27/h6-7,11,17,20,25H,2-5,8-10,12-16,18H2,1H3. The molecule has 28 heavy (non-hydrogen) atoms. The predicted molar refractivity (Wildman–Crippen MR) is 113 cm³/mol. The number of hydrogen-bond acceptors (Lipinski definition) is 4. The van der Waals surface area contributed by atoms with E-state index < -0.39 is 0 Å². The van der Waals surface area contributed by atoms with Gasteiger partial charge >= 0.3 is 0 Å². The lowest BCUT2D eigenvalue weighted by atomic mass is 9.91. The normalized spacial score (nSPS) is 20.2. The minimum Gasteiger partial charge on any atom is -0.313 e. The smallest absolute Gasteiger partial charge is 0.0800 e. The van der Waals surface area contributed by atoms with Crippen molar-refractivity contribution in [2.75, 3.05) is 19.6 Å². The number of nitrogens with zero attached hydrogens (tertiary/aromatic N) is 4. The van der Waals surface area contributed by atoms with Gasteiger partial charge in [0.25, 0.3) is 0 Å². The number of nitrogens with one attached hydrogen (secondary N) is 1. The van der Waals surface area contributed by atoms with E-state index in [9.17, 15) is 0 Å². The van der Waals surface area contributed by atoms with E-state index in [1.165, 1.54) is 55.7 Å². The number of hydrogen-bond donors (Lipinski definition) is 1. The zero-order valence-electron chi connectivity index (χ0n) is 17.4. The SMILES string of the molecule is CCCn1nc(CN2CCCCC2)c2c1CCC(NCCc1cccnc1)C2. The molecule has 0 radical (unpaired) electrons. The van der Waals surface area contributed by atoms with Gasteiger partial charge in [-0.25, -0.2) is 0 Å². The van der Waals surface area contributed by atoms with Crippen LogP contribution < -0.4 is 5.32 Å². The molecule has 5 heteroatoms. The fourth-order valence-corrected chi connectivity index (χ4v) is 4.76. The van der Waals surface area contributed by atoms with Gasteiger partial charge in [0.15, 0.2) is 0 Å². The molecule has 1 aliphatic carbocycles. The second-order valence-electron chi connectivity index (χ2n) is 8.44. The second-order valence-corrected chi connectivity index (χ2v) is 8.44. The monoisotopic (exact) mass is 381 g/mol. The maximum absolute atomic E-state index is 5.08. The first-order valence-corrected chi connectivity index (χ1v) is 11.3. The summed E-state index contributed by atoms with van der Waals surface area (Å²) in [6.45, 7) is 7.85. The molecule has 4 rings (SSSR count).